The first kappa shape index (κ1) is 7.56. The summed E-state index contributed by atoms with van der Waals surface area (Å²) in [6.45, 7) is 2.17. The van der Waals surface area contributed by atoms with Crippen LogP contribution in [-0.4, -0.2) is 6.04 Å². The lowest BCUT2D eigenvalue weighted by Crippen LogP contribution is -2.40. The molecule has 3 unspecified atom stereocenters. The summed E-state index contributed by atoms with van der Waals surface area (Å²) in [5.41, 5.74) is 5.58. The Morgan fingerprint density at radius 1 is 1.70 bits per heavy atom. The molecule has 2 heteroatoms. The van der Waals surface area contributed by atoms with E-state index < -0.39 is 0 Å². The lowest BCUT2D eigenvalue weighted by Gasteiger charge is -2.37. The second kappa shape index (κ2) is 3.03. The van der Waals surface area contributed by atoms with Gasteiger partial charge in [0.25, 0.3) is 0 Å². The SMILES string of the molecule is CCC1CCC1C(N)C#N. The zero-order valence-electron chi connectivity index (χ0n) is 6.38. The van der Waals surface area contributed by atoms with Crippen LogP contribution in [0.3, 0.4) is 0 Å². The highest BCUT2D eigenvalue weighted by Crippen LogP contribution is 2.37. The van der Waals surface area contributed by atoms with E-state index in [0.717, 1.165) is 12.3 Å². The molecule has 3 atom stereocenters. The third-order valence-corrected chi connectivity index (χ3v) is 2.61. The van der Waals surface area contributed by atoms with Crippen LogP contribution in [0.15, 0.2) is 0 Å². The Labute approximate surface area is 62.0 Å². The lowest BCUT2D eigenvalue weighted by molar-refractivity contribution is 0.157. The van der Waals surface area contributed by atoms with Crippen molar-refractivity contribution in [1.82, 2.24) is 0 Å². The van der Waals surface area contributed by atoms with Gasteiger partial charge in [0.05, 0.1) is 12.1 Å². The average molecular weight is 138 g/mol. The summed E-state index contributed by atoms with van der Waals surface area (Å²) in [7, 11) is 0. The third kappa shape index (κ3) is 1.15. The van der Waals surface area contributed by atoms with Gasteiger partial charge in [0.1, 0.15) is 0 Å². The largest absolute Gasteiger partial charge is 0.316 e. The summed E-state index contributed by atoms with van der Waals surface area (Å²) < 4.78 is 0. The van der Waals surface area contributed by atoms with E-state index in [1.54, 1.807) is 0 Å². The minimum atomic E-state index is -0.210. The molecule has 0 bridgehead atoms. The number of rotatable bonds is 2. The monoisotopic (exact) mass is 138 g/mol. The second-order valence-electron chi connectivity index (χ2n) is 3.06. The Balaban J connectivity index is 2.37. The van der Waals surface area contributed by atoms with Crippen molar-refractivity contribution in [3.05, 3.63) is 0 Å². The normalized spacial score (nSPS) is 34.1. The van der Waals surface area contributed by atoms with E-state index in [1.165, 1.54) is 12.8 Å². The maximum absolute atomic E-state index is 8.51. The van der Waals surface area contributed by atoms with Crippen molar-refractivity contribution in [1.29, 1.82) is 5.26 Å². The first-order chi connectivity index (χ1) is 4.79. The van der Waals surface area contributed by atoms with E-state index in [2.05, 4.69) is 13.0 Å². The molecule has 0 aliphatic heterocycles. The van der Waals surface area contributed by atoms with E-state index in [9.17, 15) is 0 Å². The maximum atomic E-state index is 8.51. The Kier molecular flexibility index (Phi) is 2.29. The van der Waals surface area contributed by atoms with Crippen molar-refractivity contribution in [3.8, 4) is 6.07 Å². The highest BCUT2D eigenvalue weighted by atomic mass is 14.7. The molecular weight excluding hydrogens is 124 g/mol. The maximum Gasteiger partial charge on any atom is 0.0959 e. The Morgan fingerprint density at radius 2 is 2.40 bits per heavy atom. The van der Waals surface area contributed by atoms with Crippen molar-refractivity contribution in [2.45, 2.75) is 32.2 Å². The Hall–Kier alpha value is -0.550. The molecule has 0 amide bonds. The van der Waals surface area contributed by atoms with Gasteiger partial charge < -0.3 is 5.73 Å². The summed E-state index contributed by atoms with van der Waals surface area (Å²) in [5.74, 6) is 1.23. The zero-order valence-corrected chi connectivity index (χ0v) is 6.38. The summed E-state index contributed by atoms with van der Waals surface area (Å²) in [4.78, 5) is 0. The van der Waals surface area contributed by atoms with Crippen molar-refractivity contribution >= 4 is 0 Å². The van der Waals surface area contributed by atoms with Crippen LogP contribution < -0.4 is 5.73 Å². The molecule has 0 heterocycles. The van der Waals surface area contributed by atoms with Crippen molar-refractivity contribution < 1.29 is 0 Å². The van der Waals surface area contributed by atoms with Crippen LogP contribution in [0.2, 0.25) is 0 Å². The highest BCUT2D eigenvalue weighted by molar-refractivity contribution is 4.98. The average Bonchev–Trinajstić information content (AvgIpc) is 1.86. The first-order valence-electron chi connectivity index (χ1n) is 3.94. The van der Waals surface area contributed by atoms with Gasteiger partial charge in [-0.3, -0.25) is 0 Å². The van der Waals surface area contributed by atoms with Crippen molar-refractivity contribution in [3.63, 3.8) is 0 Å². The molecular formula is C8H14N2. The van der Waals surface area contributed by atoms with Crippen molar-refractivity contribution in [2.24, 2.45) is 17.6 Å². The van der Waals surface area contributed by atoms with Gasteiger partial charge in [0, 0.05) is 0 Å². The molecule has 1 aliphatic carbocycles. The lowest BCUT2D eigenvalue weighted by atomic mass is 9.69. The van der Waals surface area contributed by atoms with Crippen LogP contribution in [0.1, 0.15) is 26.2 Å². The van der Waals surface area contributed by atoms with Gasteiger partial charge in [-0.1, -0.05) is 13.3 Å². The number of nitrogens with two attached hydrogens (primary N) is 1. The number of hydrogen-bond donors (Lipinski definition) is 1. The topological polar surface area (TPSA) is 49.8 Å². The van der Waals surface area contributed by atoms with E-state index >= 15 is 0 Å². The number of nitrogens with zero attached hydrogens (tertiary/aromatic N) is 1. The zero-order chi connectivity index (χ0) is 7.56. The molecule has 2 nitrogen and oxygen atoms in total. The Bertz CT molecular complexity index is 146. The van der Waals surface area contributed by atoms with Crippen LogP contribution in [0, 0.1) is 23.2 Å². The van der Waals surface area contributed by atoms with Gasteiger partial charge in [-0.05, 0) is 24.7 Å². The van der Waals surface area contributed by atoms with Crippen LogP contribution in [-0.2, 0) is 0 Å². The molecule has 0 aromatic carbocycles. The van der Waals surface area contributed by atoms with Gasteiger partial charge in [0.15, 0.2) is 0 Å². The summed E-state index contributed by atoms with van der Waals surface area (Å²) >= 11 is 0. The highest BCUT2D eigenvalue weighted by Gasteiger charge is 2.33. The summed E-state index contributed by atoms with van der Waals surface area (Å²) in [6.07, 6.45) is 3.61. The minimum Gasteiger partial charge on any atom is -0.316 e. The van der Waals surface area contributed by atoms with E-state index in [0.29, 0.717) is 5.92 Å². The molecule has 1 saturated carbocycles. The summed E-state index contributed by atoms with van der Waals surface area (Å²) in [5, 5.41) is 8.51. The molecule has 1 rings (SSSR count). The second-order valence-corrected chi connectivity index (χ2v) is 3.06. The molecule has 2 N–H and O–H groups in total. The first-order valence-corrected chi connectivity index (χ1v) is 3.94. The fourth-order valence-corrected chi connectivity index (χ4v) is 1.67. The van der Waals surface area contributed by atoms with Gasteiger partial charge in [0.2, 0.25) is 0 Å². The smallest absolute Gasteiger partial charge is 0.0959 e. The number of nitriles is 1. The van der Waals surface area contributed by atoms with Gasteiger partial charge >= 0.3 is 0 Å². The van der Waals surface area contributed by atoms with Crippen molar-refractivity contribution in [2.75, 3.05) is 0 Å². The molecule has 1 fully saturated rings. The van der Waals surface area contributed by atoms with E-state index in [-0.39, 0.29) is 6.04 Å². The summed E-state index contributed by atoms with van der Waals surface area (Å²) in [6, 6.07) is 1.90. The van der Waals surface area contributed by atoms with Crippen LogP contribution in [0.4, 0.5) is 0 Å². The molecule has 0 aromatic heterocycles. The van der Waals surface area contributed by atoms with Gasteiger partial charge in [-0.25, -0.2) is 0 Å². The molecule has 0 aromatic rings. The standard InChI is InChI=1S/C8H14N2/c1-2-6-3-4-7(6)8(10)5-9/h6-8H,2-4,10H2,1H3. The quantitative estimate of drug-likeness (QED) is 0.624. The predicted molar refractivity (Wildman–Crippen MR) is 40.1 cm³/mol. The molecule has 1 aliphatic rings. The number of hydrogen-bond acceptors (Lipinski definition) is 2. The molecule has 10 heavy (non-hydrogen) atoms. The van der Waals surface area contributed by atoms with Gasteiger partial charge in [-0.2, -0.15) is 5.26 Å². The molecule has 56 valence electrons. The Morgan fingerprint density at radius 3 is 2.70 bits per heavy atom. The van der Waals surface area contributed by atoms with Crippen LogP contribution in [0.25, 0.3) is 0 Å². The van der Waals surface area contributed by atoms with Gasteiger partial charge in [-0.15, -0.1) is 0 Å². The fraction of sp³-hybridized carbons (Fsp3) is 0.875. The van der Waals surface area contributed by atoms with E-state index in [4.69, 9.17) is 11.0 Å². The molecule has 0 saturated heterocycles. The van der Waals surface area contributed by atoms with Crippen LogP contribution >= 0.6 is 0 Å². The third-order valence-electron chi connectivity index (χ3n) is 2.61. The molecule has 0 spiro atoms. The van der Waals surface area contributed by atoms with E-state index in [1.807, 2.05) is 0 Å². The fourth-order valence-electron chi connectivity index (χ4n) is 1.67. The van der Waals surface area contributed by atoms with Crippen LogP contribution in [0.5, 0.6) is 0 Å². The molecule has 0 radical (unpaired) electrons. The minimum absolute atomic E-state index is 0.210. The predicted octanol–water partition coefficient (Wildman–Crippen LogP) is 1.27.